The number of hydrogen-bond acceptors (Lipinski definition) is 6. The van der Waals surface area contributed by atoms with E-state index < -0.39 is 0 Å². The summed E-state index contributed by atoms with van der Waals surface area (Å²) in [5.74, 6) is 6.62. The van der Waals surface area contributed by atoms with Gasteiger partial charge in [-0.1, -0.05) is 4.49 Å². The van der Waals surface area contributed by atoms with Gasteiger partial charge in [-0.05, 0) is 25.4 Å². The van der Waals surface area contributed by atoms with Gasteiger partial charge in [-0.2, -0.15) is 0 Å². The fraction of sp³-hybridized carbons (Fsp3) is 0.500. The van der Waals surface area contributed by atoms with Gasteiger partial charge in [0.15, 0.2) is 0 Å². The lowest BCUT2D eigenvalue weighted by Gasteiger charge is -2.14. The second-order valence-corrected chi connectivity index (χ2v) is 4.56. The van der Waals surface area contributed by atoms with Crippen molar-refractivity contribution in [1.29, 1.82) is 0 Å². The van der Waals surface area contributed by atoms with E-state index in [4.69, 9.17) is 5.84 Å². The van der Waals surface area contributed by atoms with E-state index in [9.17, 15) is 0 Å². The van der Waals surface area contributed by atoms with Gasteiger partial charge in [-0.25, -0.2) is 4.98 Å². The Labute approximate surface area is 104 Å². The van der Waals surface area contributed by atoms with Gasteiger partial charge < -0.3 is 4.57 Å². The quantitative estimate of drug-likeness (QED) is 0.608. The van der Waals surface area contributed by atoms with Crippen LogP contribution in [0.25, 0.3) is 0 Å². The van der Waals surface area contributed by atoms with Gasteiger partial charge in [-0.3, -0.25) is 11.3 Å². The fourth-order valence-electron chi connectivity index (χ4n) is 1.78. The van der Waals surface area contributed by atoms with E-state index in [-0.39, 0.29) is 6.04 Å². The Morgan fingerprint density at radius 3 is 3.00 bits per heavy atom. The number of nitrogens with zero attached hydrogens (tertiary/aromatic N) is 4. The molecule has 0 bridgehead atoms. The largest absolute Gasteiger partial charge is 0.335 e. The van der Waals surface area contributed by atoms with Gasteiger partial charge in [-0.15, -0.1) is 5.10 Å². The predicted octanol–water partition coefficient (Wildman–Crippen LogP) is 0.810. The van der Waals surface area contributed by atoms with Gasteiger partial charge in [0.25, 0.3) is 0 Å². The van der Waals surface area contributed by atoms with E-state index in [1.807, 2.05) is 19.3 Å². The molecule has 0 aliphatic carbocycles. The van der Waals surface area contributed by atoms with Crippen molar-refractivity contribution in [2.24, 2.45) is 5.84 Å². The first kappa shape index (κ1) is 12.2. The van der Waals surface area contributed by atoms with Crippen molar-refractivity contribution in [1.82, 2.24) is 24.6 Å². The van der Waals surface area contributed by atoms with E-state index in [1.54, 1.807) is 0 Å². The first-order valence-electron chi connectivity index (χ1n) is 5.51. The van der Waals surface area contributed by atoms with Crippen LogP contribution in [0, 0.1) is 6.92 Å². The molecule has 2 aromatic heterocycles. The number of aromatic nitrogens is 4. The molecule has 1 unspecified atom stereocenters. The molecule has 0 saturated heterocycles. The summed E-state index contributed by atoms with van der Waals surface area (Å²) in [6.45, 7) is 4.94. The summed E-state index contributed by atoms with van der Waals surface area (Å²) in [7, 11) is 0. The molecule has 2 aromatic rings. The maximum atomic E-state index is 5.61. The molecular weight excluding hydrogens is 236 g/mol. The van der Waals surface area contributed by atoms with Crippen LogP contribution in [0.15, 0.2) is 12.4 Å². The molecule has 17 heavy (non-hydrogen) atoms. The zero-order valence-corrected chi connectivity index (χ0v) is 10.7. The second-order valence-electron chi connectivity index (χ2n) is 3.78. The molecule has 7 heteroatoms. The molecule has 0 radical (unpaired) electrons. The fourth-order valence-corrected chi connectivity index (χ4v) is 2.49. The number of nitrogens with two attached hydrogens (primary N) is 1. The van der Waals surface area contributed by atoms with Gasteiger partial charge in [0.1, 0.15) is 5.82 Å². The van der Waals surface area contributed by atoms with Crippen molar-refractivity contribution < 1.29 is 0 Å². The number of nitrogens with one attached hydrogen (secondary N) is 1. The smallest absolute Gasteiger partial charge is 0.110 e. The maximum absolute atomic E-state index is 5.61. The van der Waals surface area contributed by atoms with Crippen molar-refractivity contribution in [3.63, 3.8) is 0 Å². The lowest BCUT2D eigenvalue weighted by Crippen LogP contribution is -2.30. The minimum absolute atomic E-state index is 0.0164. The number of aryl methyl sites for hydroxylation is 2. The summed E-state index contributed by atoms with van der Waals surface area (Å²) in [6, 6.07) is 0.0164. The summed E-state index contributed by atoms with van der Waals surface area (Å²) < 4.78 is 6.04. The number of imidazole rings is 1. The van der Waals surface area contributed by atoms with Crippen LogP contribution in [0.2, 0.25) is 0 Å². The van der Waals surface area contributed by atoms with Crippen molar-refractivity contribution in [2.75, 3.05) is 0 Å². The van der Waals surface area contributed by atoms with Gasteiger partial charge in [0, 0.05) is 25.4 Å². The normalized spacial score (nSPS) is 12.9. The molecule has 92 valence electrons. The third-order valence-corrected chi connectivity index (χ3v) is 3.67. The summed E-state index contributed by atoms with van der Waals surface area (Å²) in [5, 5.41) is 4.00. The van der Waals surface area contributed by atoms with Crippen LogP contribution in [0.5, 0.6) is 0 Å². The first-order valence-corrected chi connectivity index (χ1v) is 6.28. The minimum Gasteiger partial charge on any atom is -0.335 e. The van der Waals surface area contributed by atoms with Gasteiger partial charge in [0.2, 0.25) is 0 Å². The molecule has 2 heterocycles. The summed E-state index contributed by atoms with van der Waals surface area (Å²) in [6.07, 6.45) is 4.52. The number of hydrazine groups is 1. The molecule has 0 amide bonds. The average Bonchev–Trinajstić information content (AvgIpc) is 2.94. The first-order chi connectivity index (χ1) is 8.26. The van der Waals surface area contributed by atoms with Crippen molar-refractivity contribution in [3.8, 4) is 0 Å². The topological polar surface area (TPSA) is 81.7 Å². The SMILES string of the molecule is CCn1ccnc1CC(NN)c1snnc1C. The van der Waals surface area contributed by atoms with E-state index in [0.717, 1.165) is 29.4 Å². The Hall–Kier alpha value is -1.31. The zero-order chi connectivity index (χ0) is 12.3. The highest BCUT2D eigenvalue weighted by atomic mass is 32.1. The molecule has 2 rings (SSSR count). The predicted molar refractivity (Wildman–Crippen MR) is 66.3 cm³/mol. The van der Waals surface area contributed by atoms with Gasteiger partial charge in [0.05, 0.1) is 16.6 Å². The summed E-state index contributed by atoms with van der Waals surface area (Å²) >= 11 is 1.38. The lowest BCUT2D eigenvalue weighted by atomic mass is 10.1. The van der Waals surface area contributed by atoms with Crippen LogP contribution in [-0.4, -0.2) is 19.1 Å². The highest BCUT2D eigenvalue weighted by molar-refractivity contribution is 7.05. The second kappa shape index (κ2) is 5.35. The van der Waals surface area contributed by atoms with E-state index in [0.29, 0.717) is 0 Å². The zero-order valence-electron chi connectivity index (χ0n) is 9.92. The Bertz CT molecular complexity index is 477. The van der Waals surface area contributed by atoms with Crippen LogP contribution in [0.1, 0.15) is 29.4 Å². The molecular formula is C10H16N6S. The molecule has 0 saturated carbocycles. The molecule has 0 aliphatic heterocycles. The molecule has 6 nitrogen and oxygen atoms in total. The van der Waals surface area contributed by atoms with Crippen LogP contribution >= 0.6 is 11.5 Å². The van der Waals surface area contributed by atoms with Crippen molar-refractivity contribution >= 4 is 11.5 Å². The molecule has 3 N–H and O–H groups in total. The molecule has 0 aliphatic rings. The number of rotatable bonds is 5. The monoisotopic (exact) mass is 252 g/mol. The van der Waals surface area contributed by atoms with Crippen LogP contribution < -0.4 is 11.3 Å². The van der Waals surface area contributed by atoms with Crippen LogP contribution in [0.3, 0.4) is 0 Å². The average molecular weight is 252 g/mol. The Morgan fingerprint density at radius 1 is 1.59 bits per heavy atom. The number of hydrogen-bond donors (Lipinski definition) is 2. The Kier molecular flexibility index (Phi) is 3.82. The highest BCUT2D eigenvalue weighted by Gasteiger charge is 2.18. The molecule has 0 fully saturated rings. The van der Waals surface area contributed by atoms with E-state index in [2.05, 4.69) is 31.5 Å². The minimum atomic E-state index is 0.0164. The summed E-state index contributed by atoms with van der Waals surface area (Å²) in [4.78, 5) is 5.41. The lowest BCUT2D eigenvalue weighted by molar-refractivity contribution is 0.527. The highest BCUT2D eigenvalue weighted by Crippen LogP contribution is 2.22. The van der Waals surface area contributed by atoms with E-state index >= 15 is 0 Å². The van der Waals surface area contributed by atoms with Crippen molar-refractivity contribution in [2.45, 2.75) is 32.9 Å². The molecule has 0 spiro atoms. The van der Waals surface area contributed by atoms with Gasteiger partial charge >= 0.3 is 0 Å². The third kappa shape index (κ3) is 2.51. The third-order valence-electron chi connectivity index (χ3n) is 2.73. The standard InChI is InChI=1S/C10H16N6S/c1-3-16-5-4-12-9(16)6-8(13-11)10-7(2)14-15-17-10/h4-5,8,13H,3,6,11H2,1-2H3. The molecule has 0 aromatic carbocycles. The Morgan fingerprint density at radius 2 is 2.41 bits per heavy atom. The van der Waals surface area contributed by atoms with Crippen LogP contribution in [-0.2, 0) is 13.0 Å². The molecule has 1 atom stereocenters. The summed E-state index contributed by atoms with van der Waals surface area (Å²) in [5.41, 5.74) is 3.74. The van der Waals surface area contributed by atoms with Crippen LogP contribution in [0.4, 0.5) is 0 Å². The maximum Gasteiger partial charge on any atom is 0.110 e. The Balaban J connectivity index is 2.19. The van der Waals surface area contributed by atoms with Crippen molar-refractivity contribution in [3.05, 3.63) is 28.8 Å². The van der Waals surface area contributed by atoms with E-state index in [1.165, 1.54) is 11.5 Å².